The number of esters is 1. The number of carbonyl (C=O) groups is 2. The maximum absolute atomic E-state index is 12.9. The van der Waals surface area contributed by atoms with Gasteiger partial charge in [-0.1, -0.05) is 49.4 Å². The fraction of sp³-hybridized carbons (Fsp3) is 0.120. The molecular formula is C25H22N4O3. The summed E-state index contributed by atoms with van der Waals surface area (Å²) in [5.74, 6) is -0.118. The van der Waals surface area contributed by atoms with Crippen LogP contribution in [0.5, 0.6) is 0 Å². The normalized spacial score (nSPS) is 10.5. The van der Waals surface area contributed by atoms with Crippen molar-refractivity contribution in [2.45, 2.75) is 20.0 Å². The van der Waals surface area contributed by atoms with Crippen molar-refractivity contribution in [1.82, 2.24) is 14.8 Å². The SMILES string of the molecule is CCc1c(C(=O)Nc2cccc(C(=O)OCc3ccccc3)c2)cnn1-c1ccccn1. The second kappa shape index (κ2) is 9.70. The number of amides is 1. The highest BCUT2D eigenvalue weighted by Gasteiger charge is 2.18. The number of rotatable bonds is 7. The molecule has 2 aromatic carbocycles. The maximum Gasteiger partial charge on any atom is 0.338 e. The van der Waals surface area contributed by atoms with Gasteiger partial charge in [-0.3, -0.25) is 4.79 Å². The van der Waals surface area contributed by atoms with Crippen LogP contribution >= 0.6 is 0 Å². The molecule has 0 spiro atoms. The molecule has 0 fully saturated rings. The van der Waals surface area contributed by atoms with Gasteiger partial charge >= 0.3 is 5.97 Å². The Hall–Kier alpha value is -4.26. The number of benzene rings is 2. The lowest BCUT2D eigenvalue weighted by Crippen LogP contribution is -2.15. The summed E-state index contributed by atoms with van der Waals surface area (Å²) in [4.78, 5) is 29.7. The number of carbonyl (C=O) groups excluding carboxylic acids is 2. The predicted octanol–water partition coefficient (Wildman–Crippen LogP) is 4.44. The van der Waals surface area contributed by atoms with Crippen molar-refractivity contribution in [2.75, 3.05) is 5.32 Å². The van der Waals surface area contributed by atoms with Crippen LogP contribution in [0.25, 0.3) is 5.82 Å². The molecule has 2 aromatic heterocycles. The lowest BCUT2D eigenvalue weighted by atomic mass is 10.1. The Balaban J connectivity index is 1.47. The highest BCUT2D eigenvalue weighted by atomic mass is 16.5. The van der Waals surface area contributed by atoms with E-state index in [9.17, 15) is 9.59 Å². The molecule has 0 radical (unpaired) electrons. The average Bonchev–Trinajstić information content (AvgIpc) is 3.28. The summed E-state index contributed by atoms with van der Waals surface area (Å²) in [5, 5.41) is 7.18. The van der Waals surface area contributed by atoms with E-state index in [1.165, 1.54) is 6.20 Å². The molecule has 32 heavy (non-hydrogen) atoms. The van der Waals surface area contributed by atoms with Gasteiger partial charge in [0.05, 0.1) is 23.0 Å². The largest absolute Gasteiger partial charge is 0.457 e. The molecule has 0 bridgehead atoms. The Morgan fingerprint density at radius 2 is 1.81 bits per heavy atom. The van der Waals surface area contributed by atoms with E-state index in [2.05, 4.69) is 15.4 Å². The molecule has 1 N–H and O–H groups in total. The van der Waals surface area contributed by atoms with Crippen LogP contribution in [-0.4, -0.2) is 26.6 Å². The van der Waals surface area contributed by atoms with Crippen molar-refractivity contribution >= 4 is 17.6 Å². The molecular weight excluding hydrogens is 404 g/mol. The molecule has 0 aliphatic carbocycles. The third-order valence-electron chi connectivity index (χ3n) is 4.88. The van der Waals surface area contributed by atoms with Crippen molar-refractivity contribution in [3.63, 3.8) is 0 Å². The molecule has 4 rings (SSSR count). The predicted molar refractivity (Wildman–Crippen MR) is 121 cm³/mol. The first-order valence-corrected chi connectivity index (χ1v) is 10.3. The van der Waals surface area contributed by atoms with Crippen LogP contribution in [-0.2, 0) is 17.8 Å². The Kier molecular flexibility index (Phi) is 6.36. The summed E-state index contributed by atoms with van der Waals surface area (Å²) in [5.41, 5.74) is 2.97. The zero-order valence-electron chi connectivity index (χ0n) is 17.6. The quantitative estimate of drug-likeness (QED) is 0.442. The van der Waals surface area contributed by atoms with E-state index in [-0.39, 0.29) is 12.5 Å². The molecule has 7 nitrogen and oxygen atoms in total. The minimum absolute atomic E-state index is 0.183. The van der Waals surface area contributed by atoms with Crippen molar-refractivity contribution in [3.05, 3.63) is 108 Å². The van der Waals surface area contributed by atoms with Crippen molar-refractivity contribution < 1.29 is 14.3 Å². The van der Waals surface area contributed by atoms with E-state index in [1.807, 2.05) is 55.5 Å². The molecule has 160 valence electrons. The molecule has 4 aromatic rings. The third kappa shape index (κ3) is 4.73. The number of hydrogen-bond acceptors (Lipinski definition) is 5. The van der Waals surface area contributed by atoms with Crippen LogP contribution in [0.1, 0.15) is 38.9 Å². The average molecular weight is 426 g/mol. The van der Waals surface area contributed by atoms with Gasteiger partial charge in [-0.15, -0.1) is 0 Å². The lowest BCUT2D eigenvalue weighted by molar-refractivity contribution is 0.0472. The van der Waals surface area contributed by atoms with Gasteiger partial charge in [0.15, 0.2) is 5.82 Å². The first-order chi connectivity index (χ1) is 15.7. The van der Waals surface area contributed by atoms with E-state index in [0.29, 0.717) is 29.1 Å². The number of anilines is 1. The molecule has 0 unspecified atom stereocenters. The molecule has 0 saturated heterocycles. The zero-order chi connectivity index (χ0) is 22.3. The van der Waals surface area contributed by atoms with Gasteiger partial charge in [-0.25, -0.2) is 14.5 Å². The maximum atomic E-state index is 12.9. The van der Waals surface area contributed by atoms with Gasteiger partial charge < -0.3 is 10.1 Å². The summed E-state index contributed by atoms with van der Waals surface area (Å²) in [6.07, 6.45) is 3.81. The third-order valence-corrected chi connectivity index (χ3v) is 4.88. The highest BCUT2D eigenvalue weighted by molar-refractivity contribution is 6.05. The van der Waals surface area contributed by atoms with Gasteiger partial charge in [-0.05, 0) is 42.3 Å². The van der Waals surface area contributed by atoms with E-state index < -0.39 is 5.97 Å². The van der Waals surface area contributed by atoms with Gasteiger partial charge in [0.1, 0.15) is 6.61 Å². The fourth-order valence-electron chi connectivity index (χ4n) is 3.31. The fourth-order valence-corrected chi connectivity index (χ4v) is 3.31. The first kappa shape index (κ1) is 21.0. The minimum Gasteiger partial charge on any atom is -0.457 e. The summed E-state index contributed by atoms with van der Waals surface area (Å²) < 4.78 is 7.03. The van der Waals surface area contributed by atoms with Gasteiger partial charge in [0, 0.05) is 11.9 Å². The first-order valence-electron chi connectivity index (χ1n) is 10.3. The smallest absolute Gasteiger partial charge is 0.338 e. The molecule has 1 amide bonds. The van der Waals surface area contributed by atoms with Crippen molar-refractivity contribution in [2.24, 2.45) is 0 Å². The van der Waals surface area contributed by atoms with Crippen LogP contribution in [0.15, 0.2) is 85.2 Å². The lowest BCUT2D eigenvalue weighted by Gasteiger charge is -2.09. The number of nitrogens with one attached hydrogen (secondary N) is 1. The summed E-state index contributed by atoms with van der Waals surface area (Å²) >= 11 is 0. The molecule has 0 aliphatic heterocycles. The Morgan fingerprint density at radius 1 is 1.00 bits per heavy atom. The van der Waals surface area contributed by atoms with Crippen LogP contribution < -0.4 is 5.32 Å². The Labute approximate surface area is 185 Å². The number of nitrogens with zero attached hydrogens (tertiary/aromatic N) is 3. The van der Waals surface area contributed by atoms with E-state index in [1.54, 1.807) is 35.1 Å². The highest BCUT2D eigenvalue weighted by Crippen LogP contribution is 2.18. The van der Waals surface area contributed by atoms with E-state index in [0.717, 1.165) is 11.3 Å². The summed E-state index contributed by atoms with van der Waals surface area (Å²) in [7, 11) is 0. The number of hydrogen-bond donors (Lipinski definition) is 1. The van der Waals surface area contributed by atoms with Gasteiger partial charge in [0.2, 0.25) is 0 Å². The van der Waals surface area contributed by atoms with Crippen LogP contribution in [0.4, 0.5) is 5.69 Å². The van der Waals surface area contributed by atoms with Gasteiger partial charge in [-0.2, -0.15) is 5.10 Å². The second-order valence-corrected chi connectivity index (χ2v) is 7.05. The standard InChI is InChI=1S/C25H22N4O3/c1-2-22-21(16-27-29(22)23-13-6-7-14-26-23)24(30)28-20-12-8-11-19(15-20)25(31)32-17-18-9-4-3-5-10-18/h3-16H,2,17H2,1H3,(H,28,30). The van der Waals surface area contributed by atoms with Crippen LogP contribution in [0.2, 0.25) is 0 Å². The topological polar surface area (TPSA) is 86.1 Å². The number of ether oxygens (including phenoxy) is 1. The molecule has 0 aliphatic rings. The van der Waals surface area contributed by atoms with Crippen molar-refractivity contribution in [3.8, 4) is 5.82 Å². The summed E-state index contributed by atoms with van der Waals surface area (Å²) in [6.45, 7) is 2.14. The van der Waals surface area contributed by atoms with Gasteiger partial charge in [0.25, 0.3) is 5.91 Å². The van der Waals surface area contributed by atoms with Crippen LogP contribution in [0, 0.1) is 0 Å². The second-order valence-electron chi connectivity index (χ2n) is 7.05. The minimum atomic E-state index is -0.456. The summed E-state index contributed by atoms with van der Waals surface area (Å²) in [6, 6.07) is 21.7. The zero-order valence-corrected chi connectivity index (χ0v) is 17.6. The monoisotopic (exact) mass is 426 g/mol. The molecule has 2 heterocycles. The molecule has 7 heteroatoms. The number of pyridine rings is 1. The van der Waals surface area contributed by atoms with Crippen LogP contribution in [0.3, 0.4) is 0 Å². The Morgan fingerprint density at radius 3 is 2.56 bits per heavy atom. The molecule has 0 atom stereocenters. The van der Waals surface area contributed by atoms with E-state index in [4.69, 9.17) is 4.74 Å². The number of aromatic nitrogens is 3. The Bertz CT molecular complexity index is 1220. The van der Waals surface area contributed by atoms with Crippen molar-refractivity contribution in [1.29, 1.82) is 0 Å². The van der Waals surface area contributed by atoms with E-state index >= 15 is 0 Å². The molecule has 0 saturated carbocycles.